The van der Waals surface area contributed by atoms with Gasteiger partial charge in [-0.2, -0.15) is 5.10 Å². The molecule has 1 aliphatic rings. The Morgan fingerprint density at radius 2 is 2.04 bits per heavy atom. The molecule has 1 saturated heterocycles. The third-order valence-electron chi connectivity index (χ3n) is 4.48. The highest BCUT2D eigenvalue weighted by atomic mass is 16.2. The maximum atomic E-state index is 12.7. The van der Waals surface area contributed by atoms with E-state index in [1.807, 2.05) is 20.8 Å². The van der Waals surface area contributed by atoms with Gasteiger partial charge in [0, 0.05) is 24.8 Å². The predicted molar refractivity (Wildman–Crippen MR) is 87.9 cm³/mol. The molecule has 1 aromatic rings. The van der Waals surface area contributed by atoms with Gasteiger partial charge in [-0.3, -0.25) is 14.3 Å². The van der Waals surface area contributed by atoms with Crippen LogP contribution in [-0.4, -0.2) is 51.7 Å². The van der Waals surface area contributed by atoms with Crippen LogP contribution in [0.15, 0.2) is 0 Å². The molecule has 2 rings (SSSR count). The summed E-state index contributed by atoms with van der Waals surface area (Å²) in [5.74, 6) is -0.237. The predicted octanol–water partition coefficient (Wildman–Crippen LogP) is 0.127. The van der Waals surface area contributed by atoms with Crippen LogP contribution < -0.4 is 11.1 Å². The molecule has 0 saturated carbocycles. The first-order valence-corrected chi connectivity index (χ1v) is 8.24. The second kappa shape index (κ2) is 7.12. The summed E-state index contributed by atoms with van der Waals surface area (Å²) in [6, 6.07) is -0.627. The van der Waals surface area contributed by atoms with Crippen LogP contribution in [0.2, 0.25) is 0 Å². The molecule has 128 valence electrons. The summed E-state index contributed by atoms with van der Waals surface area (Å²) < 4.78 is 1.73. The fraction of sp³-hybridized carbons (Fsp3) is 0.688. The molecule has 1 aromatic heterocycles. The van der Waals surface area contributed by atoms with Crippen molar-refractivity contribution in [2.45, 2.75) is 59.2 Å². The second-order valence-corrected chi connectivity index (χ2v) is 6.11. The van der Waals surface area contributed by atoms with Gasteiger partial charge in [0.05, 0.1) is 5.69 Å². The van der Waals surface area contributed by atoms with E-state index < -0.39 is 6.04 Å². The molecule has 1 fully saturated rings. The maximum Gasteiger partial charge on any atom is 0.245 e. The topological polar surface area (TPSA) is 93.3 Å². The fourth-order valence-corrected chi connectivity index (χ4v) is 3.30. The van der Waals surface area contributed by atoms with E-state index >= 15 is 0 Å². The van der Waals surface area contributed by atoms with Gasteiger partial charge in [0.15, 0.2) is 0 Å². The summed E-state index contributed by atoms with van der Waals surface area (Å²) in [6.07, 6.45) is 1.40. The molecule has 2 amide bonds. The minimum Gasteiger partial charge on any atom is -0.355 e. The van der Waals surface area contributed by atoms with Crippen LogP contribution in [0.4, 0.5) is 0 Å². The molecule has 0 radical (unpaired) electrons. The van der Waals surface area contributed by atoms with Crippen LogP contribution in [0.3, 0.4) is 0 Å². The highest BCUT2D eigenvalue weighted by Gasteiger charge is 2.38. The van der Waals surface area contributed by atoms with Gasteiger partial charge in [-0.1, -0.05) is 6.92 Å². The van der Waals surface area contributed by atoms with E-state index in [0.717, 1.165) is 17.8 Å². The molecule has 0 unspecified atom stereocenters. The Kier molecular flexibility index (Phi) is 5.41. The third kappa shape index (κ3) is 3.55. The normalized spacial score (nSPS) is 20.8. The number of carbonyl (C=O) groups excluding carboxylic acids is 2. The zero-order valence-electron chi connectivity index (χ0n) is 14.4. The lowest BCUT2D eigenvalue weighted by atomic mass is 10.1. The number of nitrogens with zero attached hydrogens (tertiary/aromatic N) is 3. The third-order valence-corrected chi connectivity index (χ3v) is 4.48. The number of amides is 2. The van der Waals surface area contributed by atoms with E-state index in [1.165, 1.54) is 5.56 Å². The van der Waals surface area contributed by atoms with Crippen molar-refractivity contribution in [1.29, 1.82) is 0 Å². The first-order valence-electron chi connectivity index (χ1n) is 8.24. The van der Waals surface area contributed by atoms with Gasteiger partial charge in [0.2, 0.25) is 11.8 Å². The SMILES string of the molecule is CCNC(=O)[C@@H]1C[C@@H](N)CN1C(=O)Cn1nc(C)c(CC)c1C. The molecule has 0 spiro atoms. The number of hydrogen-bond acceptors (Lipinski definition) is 4. The van der Waals surface area contributed by atoms with Gasteiger partial charge in [0.1, 0.15) is 12.6 Å². The van der Waals surface area contributed by atoms with Gasteiger partial charge in [-0.25, -0.2) is 0 Å². The molecular weight excluding hydrogens is 294 g/mol. The molecule has 7 nitrogen and oxygen atoms in total. The van der Waals surface area contributed by atoms with E-state index in [2.05, 4.69) is 17.3 Å². The highest BCUT2D eigenvalue weighted by molar-refractivity contribution is 5.88. The van der Waals surface area contributed by atoms with Gasteiger partial charge < -0.3 is 16.0 Å². The Bertz CT molecular complexity index is 596. The highest BCUT2D eigenvalue weighted by Crippen LogP contribution is 2.19. The standard InChI is InChI=1S/C16H27N5O2/c1-5-13-10(3)19-21(11(13)4)9-15(22)20-8-12(17)7-14(20)16(23)18-6-2/h12,14H,5-9,17H2,1-4H3,(H,18,23)/t12-,14+/m1/s1. The van der Waals surface area contributed by atoms with E-state index in [4.69, 9.17) is 5.73 Å². The van der Waals surface area contributed by atoms with Crippen molar-refractivity contribution >= 4 is 11.8 Å². The lowest BCUT2D eigenvalue weighted by molar-refractivity contribution is -0.139. The number of carbonyl (C=O) groups is 2. The van der Waals surface area contributed by atoms with E-state index in [9.17, 15) is 9.59 Å². The number of aryl methyl sites for hydroxylation is 1. The number of nitrogens with two attached hydrogens (primary N) is 1. The number of aromatic nitrogens is 2. The van der Waals surface area contributed by atoms with Gasteiger partial charge in [-0.05, 0) is 39.2 Å². The van der Waals surface area contributed by atoms with Crippen LogP contribution in [-0.2, 0) is 22.6 Å². The monoisotopic (exact) mass is 321 g/mol. The van der Waals surface area contributed by atoms with Crippen LogP contribution >= 0.6 is 0 Å². The summed E-state index contributed by atoms with van der Waals surface area (Å²) in [5.41, 5.74) is 9.11. The van der Waals surface area contributed by atoms with Crippen molar-refractivity contribution in [3.05, 3.63) is 17.0 Å². The number of hydrogen-bond donors (Lipinski definition) is 2. The number of nitrogens with one attached hydrogen (secondary N) is 1. The Morgan fingerprint density at radius 1 is 1.35 bits per heavy atom. The molecular formula is C16H27N5O2. The lowest BCUT2D eigenvalue weighted by Crippen LogP contribution is -2.47. The molecule has 0 bridgehead atoms. The van der Waals surface area contributed by atoms with Crippen LogP contribution in [0.5, 0.6) is 0 Å². The summed E-state index contributed by atoms with van der Waals surface area (Å²) in [6.45, 7) is 8.98. The Balaban J connectivity index is 2.14. The fourth-order valence-electron chi connectivity index (χ4n) is 3.30. The average Bonchev–Trinajstić information content (AvgIpc) is 3.00. The van der Waals surface area contributed by atoms with Crippen molar-refractivity contribution in [1.82, 2.24) is 20.0 Å². The van der Waals surface area contributed by atoms with E-state index in [0.29, 0.717) is 19.5 Å². The zero-order chi connectivity index (χ0) is 17.1. The van der Waals surface area contributed by atoms with Crippen molar-refractivity contribution in [2.24, 2.45) is 5.73 Å². The van der Waals surface area contributed by atoms with Gasteiger partial charge in [-0.15, -0.1) is 0 Å². The molecule has 2 heterocycles. The van der Waals surface area contributed by atoms with Gasteiger partial charge in [0.25, 0.3) is 0 Å². The number of likely N-dealkylation sites (tertiary alicyclic amines) is 1. The number of likely N-dealkylation sites (N-methyl/N-ethyl adjacent to an activating group) is 1. The summed E-state index contributed by atoms with van der Waals surface area (Å²) in [5, 5.41) is 7.23. The second-order valence-electron chi connectivity index (χ2n) is 6.11. The summed E-state index contributed by atoms with van der Waals surface area (Å²) >= 11 is 0. The molecule has 1 aliphatic heterocycles. The maximum absolute atomic E-state index is 12.7. The number of rotatable bonds is 5. The van der Waals surface area contributed by atoms with Crippen molar-refractivity contribution in [3.63, 3.8) is 0 Å². The lowest BCUT2D eigenvalue weighted by Gasteiger charge is -2.23. The Hall–Kier alpha value is -1.89. The quantitative estimate of drug-likeness (QED) is 0.806. The van der Waals surface area contributed by atoms with Crippen LogP contribution in [0, 0.1) is 13.8 Å². The van der Waals surface area contributed by atoms with Crippen LogP contribution in [0.25, 0.3) is 0 Å². The first-order chi connectivity index (χ1) is 10.9. The average molecular weight is 321 g/mol. The Morgan fingerprint density at radius 3 is 2.61 bits per heavy atom. The Labute approximate surface area is 137 Å². The molecule has 3 N–H and O–H groups in total. The minimum atomic E-state index is -0.472. The van der Waals surface area contributed by atoms with E-state index in [1.54, 1.807) is 9.58 Å². The van der Waals surface area contributed by atoms with Crippen molar-refractivity contribution < 1.29 is 9.59 Å². The van der Waals surface area contributed by atoms with E-state index in [-0.39, 0.29) is 24.4 Å². The first kappa shape index (κ1) is 17.5. The zero-order valence-corrected chi connectivity index (χ0v) is 14.4. The smallest absolute Gasteiger partial charge is 0.245 e. The van der Waals surface area contributed by atoms with Crippen LogP contribution in [0.1, 0.15) is 37.2 Å². The molecule has 0 aromatic carbocycles. The van der Waals surface area contributed by atoms with Crippen molar-refractivity contribution in [2.75, 3.05) is 13.1 Å². The van der Waals surface area contributed by atoms with Gasteiger partial charge >= 0.3 is 0 Å². The molecule has 23 heavy (non-hydrogen) atoms. The molecule has 7 heteroatoms. The van der Waals surface area contributed by atoms with Crippen molar-refractivity contribution in [3.8, 4) is 0 Å². The minimum absolute atomic E-state index is 0.109. The molecule has 2 atom stereocenters. The largest absolute Gasteiger partial charge is 0.355 e. The summed E-state index contributed by atoms with van der Waals surface area (Å²) in [4.78, 5) is 26.4. The summed E-state index contributed by atoms with van der Waals surface area (Å²) in [7, 11) is 0. The molecule has 0 aliphatic carbocycles.